The first-order valence-corrected chi connectivity index (χ1v) is 6.61. The molecule has 0 fully saturated rings. The second-order valence-corrected chi connectivity index (χ2v) is 4.87. The molecular formula is C14H11F3N5O+. The maximum Gasteiger partial charge on any atom is 0.433 e. The molecule has 0 saturated carbocycles. The van der Waals surface area contributed by atoms with E-state index >= 15 is 0 Å². The summed E-state index contributed by atoms with van der Waals surface area (Å²) in [5.41, 5.74) is 0.747. The first-order valence-electron chi connectivity index (χ1n) is 6.61. The molecule has 1 amide bonds. The van der Waals surface area contributed by atoms with E-state index in [-0.39, 0.29) is 5.91 Å². The zero-order valence-electron chi connectivity index (χ0n) is 11.9. The molecule has 3 heterocycles. The fourth-order valence-corrected chi connectivity index (χ4v) is 2.09. The molecule has 1 aliphatic rings. The number of amides is 1. The summed E-state index contributed by atoms with van der Waals surface area (Å²) in [6.07, 6.45) is -2.40. The average Bonchev–Trinajstić information content (AvgIpc) is 2.86. The summed E-state index contributed by atoms with van der Waals surface area (Å²) in [4.78, 5) is 18.6. The molecule has 0 saturated heterocycles. The lowest BCUT2D eigenvalue weighted by Crippen LogP contribution is -2.33. The molecule has 2 aromatic rings. The van der Waals surface area contributed by atoms with E-state index in [1.807, 2.05) is 0 Å². The van der Waals surface area contributed by atoms with Gasteiger partial charge in [0.25, 0.3) is 0 Å². The van der Waals surface area contributed by atoms with Crippen LogP contribution in [0.4, 0.5) is 13.2 Å². The van der Waals surface area contributed by atoms with Crippen LogP contribution in [0.5, 0.6) is 0 Å². The quantitative estimate of drug-likeness (QED) is 0.842. The van der Waals surface area contributed by atoms with E-state index in [0.29, 0.717) is 16.6 Å². The van der Waals surface area contributed by atoms with Crippen molar-refractivity contribution < 1.29 is 22.3 Å². The third kappa shape index (κ3) is 3.17. The minimum absolute atomic E-state index is 0.261. The number of nitrogens with zero attached hydrogens (tertiary/aromatic N) is 4. The Morgan fingerprint density at radius 2 is 1.96 bits per heavy atom. The second-order valence-electron chi connectivity index (χ2n) is 4.87. The van der Waals surface area contributed by atoms with Crippen LogP contribution < -0.4 is 15.2 Å². The molecule has 1 N–H and O–H groups in total. The van der Waals surface area contributed by atoms with E-state index in [1.165, 1.54) is 17.4 Å². The number of hydrogen-bond acceptors (Lipinski definition) is 4. The minimum atomic E-state index is -4.47. The van der Waals surface area contributed by atoms with Gasteiger partial charge < -0.3 is 0 Å². The molecule has 3 rings (SSSR count). The number of fused-ring (bicyclic) bond motifs is 1. The number of nitrogens with one attached hydrogen (secondary N) is 1. The van der Waals surface area contributed by atoms with Gasteiger partial charge in [-0.3, -0.25) is 15.1 Å². The first-order chi connectivity index (χ1) is 10.8. The van der Waals surface area contributed by atoms with Crippen LogP contribution >= 0.6 is 0 Å². The molecule has 1 aliphatic heterocycles. The zero-order valence-corrected chi connectivity index (χ0v) is 11.9. The Morgan fingerprint density at radius 1 is 1.22 bits per heavy atom. The molecule has 1 atom stereocenters. The highest BCUT2D eigenvalue weighted by Crippen LogP contribution is 2.28. The molecule has 9 heteroatoms. The number of carbonyl (C=O) groups excluding carboxylic acids is 1. The normalized spacial score (nSPS) is 16.3. The van der Waals surface area contributed by atoms with Gasteiger partial charge in [0.05, 0.1) is 0 Å². The van der Waals surface area contributed by atoms with Gasteiger partial charge >= 0.3 is 18.0 Å². The van der Waals surface area contributed by atoms with Gasteiger partial charge in [0, 0.05) is 30.3 Å². The SMILES string of the molecule is CC(=O)NC1N=c2ccc(-c3ccc(C(F)(F)F)nc3)c[n+]2=N1. The number of pyridine rings is 2. The van der Waals surface area contributed by atoms with Crippen molar-refractivity contribution in [2.45, 2.75) is 19.4 Å². The second kappa shape index (κ2) is 5.41. The summed E-state index contributed by atoms with van der Waals surface area (Å²) in [7, 11) is 0. The van der Waals surface area contributed by atoms with Crippen LogP contribution in [0.25, 0.3) is 11.1 Å². The predicted molar refractivity (Wildman–Crippen MR) is 71.5 cm³/mol. The maximum absolute atomic E-state index is 12.5. The number of alkyl halides is 3. The third-order valence-electron chi connectivity index (χ3n) is 3.12. The lowest BCUT2D eigenvalue weighted by Gasteiger charge is -2.05. The third-order valence-corrected chi connectivity index (χ3v) is 3.12. The molecule has 23 heavy (non-hydrogen) atoms. The van der Waals surface area contributed by atoms with Gasteiger partial charge in [-0.2, -0.15) is 13.2 Å². The summed E-state index contributed by atoms with van der Waals surface area (Å²) in [6.45, 7) is 1.36. The molecule has 0 aromatic carbocycles. The van der Waals surface area contributed by atoms with Crippen LogP contribution in [-0.2, 0) is 11.0 Å². The smallest absolute Gasteiger partial charge is 0.293 e. The Balaban J connectivity index is 1.93. The van der Waals surface area contributed by atoms with Gasteiger partial charge in [-0.1, -0.05) is 10.4 Å². The van der Waals surface area contributed by atoms with Crippen LogP contribution in [0.3, 0.4) is 0 Å². The van der Waals surface area contributed by atoms with Crippen LogP contribution in [-0.4, -0.2) is 17.2 Å². The topological polar surface area (TPSA) is 72.6 Å². The Bertz CT molecular complexity index is 877. The summed E-state index contributed by atoms with van der Waals surface area (Å²) in [6, 6.07) is 5.63. The van der Waals surface area contributed by atoms with Crippen LogP contribution in [0, 0.1) is 0 Å². The summed E-state index contributed by atoms with van der Waals surface area (Å²) in [5.74, 6) is -0.261. The van der Waals surface area contributed by atoms with Crippen molar-refractivity contribution in [3.05, 3.63) is 47.8 Å². The maximum atomic E-state index is 12.5. The number of aromatic nitrogens is 2. The first kappa shape index (κ1) is 15.1. The highest BCUT2D eigenvalue weighted by Gasteiger charge is 2.32. The molecule has 0 spiro atoms. The van der Waals surface area contributed by atoms with Crippen LogP contribution in [0.1, 0.15) is 12.6 Å². The van der Waals surface area contributed by atoms with E-state index in [9.17, 15) is 18.0 Å². The monoisotopic (exact) mass is 322 g/mol. The number of rotatable bonds is 2. The van der Waals surface area contributed by atoms with Crippen molar-refractivity contribution in [1.82, 2.24) is 10.3 Å². The summed E-state index contributed by atoms with van der Waals surface area (Å²) < 4.78 is 39.0. The largest absolute Gasteiger partial charge is 0.433 e. The van der Waals surface area contributed by atoms with E-state index in [4.69, 9.17) is 0 Å². The predicted octanol–water partition coefficient (Wildman–Crippen LogP) is 1.14. The molecule has 2 aromatic heterocycles. The molecule has 0 radical (unpaired) electrons. The molecule has 0 aliphatic carbocycles. The lowest BCUT2D eigenvalue weighted by atomic mass is 10.1. The van der Waals surface area contributed by atoms with E-state index in [1.54, 1.807) is 18.3 Å². The lowest BCUT2D eigenvalue weighted by molar-refractivity contribution is -0.559. The minimum Gasteiger partial charge on any atom is -0.293 e. The van der Waals surface area contributed by atoms with Gasteiger partial charge in [-0.15, -0.1) is 0 Å². The molecular weight excluding hydrogens is 311 g/mol. The van der Waals surface area contributed by atoms with Crippen molar-refractivity contribution in [2.75, 3.05) is 0 Å². The Hall–Kier alpha value is -2.84. The van der Waals surface area contributed by atoms with Gasteiger partial charge in [0.2, 0.25) is 5.91 Å². The van der Waals surface area contributed by atoms with Crippen LogP contribution in [0.2, 0.25) is 0 Å². The number of carbonyl (C=O) groups is 1. The van der Waals surface area contributed by atoms with Crippen molar-refractivity contribution in [3.63, 3.8) is 0 Å². The molecule has 0 bridgehead atoms. The highest BCUT2D eigenvalue weighted by molar-refractivity contribution is 5.73. The van der Waals surface area contributed by atoms with E-state index in [2.05, 4.69) is 20.4 Å². The molecule has 118 valence electrons. The fraction of sp³-hybridized carbons (Fsp3) is 0.214. The summed E-state index contributed by atoms with van der Waals surface area (Å²) in [5, 5.41) is 6.69. The number of hydrogen-bond donors (Lipinski definition) is 1. The van der Waals surface area contributed by atoms with Crippen LogP contribution in [0.15, 0.2) is 46.8 Å². The molecule has 1 unspecified atom stereocenters. The Kier molecular flexibility index (Phi) is 3.55. The fourth-order valence-electron chi connectivity index (χ4n) is 2.09. The summed E-state index contributed by atoms with van der Waals surface area (Å²) >= 11 is 0. The number of halogens is 3. The standard InChI is InChI=1S/C14H10F3N5O/c1-8(23)19-13-20-12-5-3-10(7-22(12)21-13)9-2-4-11(18-6-9)14(15,16)17/h2-7,13H,1H3/p+1. The van der Waals surface area contributed by atoms with Crippen molar-refractivity contribution in [2.24, 2.45) is 10.1 Å². The van der Waals surface area contributed by atoms with Gasteiger partial charge in [-0.25, -0.2) is 0 Å². The Labute approximate surface area is 128 Å². The average molecular weight is 322 g/mol. The van der Waals surface area contributed by atoms with Gasteiger partial charge in [0.1, 0.15) is 11.9 Å². The molecule has 6 nitrogen and oxygen atoms in total. The highest BCUT2D eigenvalue weighted by atomic mass is 19.4. The van der Waals surface area contributed by atoms with E-state index < -0.39 is 18.2 Å². The van der Waals surface area contributed by atoms with Crippen molar-refractivity contribution >= 4 is 5.91 Å². The van der Waals surface area contributed by atoms with Crippen molar-refractivity contribution in [1.29, 1.82) is 0 Å². The van der Waals surface area contributed by atoms with Gasteiger partial charge in [-0.05, 0) is 22.2 Å². The Morgan fingerprint density at radius 3 is 2.57 bits per heavy atom. The van der Waals surface area contributed by atoms with Crippen molar-refractivity contribution in [3.8, 4) is 11.1 Å². The van der Waals surface area contributed by atoms with E-state index in [0.717, 1.165) is 12.3 Å². The zero-order chi connectivity index (χ0) is 16.6. The van der Waals surface area contributed by atoms with Gasteiger partial charge in [0.15, 0.2) is 0 Å².